The van der Waals surface area contributed by atoms with Crippen LogP contribution in [0.25, 0.3) is 0 Å². The van der Waals surface area contributed by atoms with E-state index in [0.29, 0.717) is 33.8 Å². The van der Waals surface area contributed by atoms with E-state index in [2.05, 4.69) is 26.3 Å². The van der Waals surface area contributed by atoms with Gasteiger partial charge in [0.25, 0.3) is 5.91 Å². The molecule has 0 bridgehead atoms. The van der Waals surface area contributed by atoms with Crippen molar-refractivity contribution >= 4 is 52.6 Å². The maximum Gasteiger partial charge on any atom is 0.308 e. The van der Waals surface area contributed by atoms with Gasteiger partial charge in [0, 0.05) is 33.9 Å². The minimum Gasteiger partial charge on any atom is -0.508 e. The number of nitrogens with zero attached hydrogens (tertiary/aromatic N) is 1. The highest BCUT2D eigenvalue weighted by Gasteiger charge is 2.21. The van der Waals surface area contributed by atoms with E-state index in [1.54, 1.807) is 19.1 Å². The number of benzene rings is 2. The molecule has 1 aliphatic rings. The molecule has 0 aromatic heterocycles. The van der Waals surface area contributed by atoms with E-state index in [0.717, 1.165) is 0 Å². The molecule has 0 fully saturated rings. The number of β-amino-alcohol motifs (C(OH)–C–C–N with tert-alkyl or cyclic N) is 1. The average molecular weight is 552 g/mol. The molecule has 2 atom stereocenters. The standard InChI is InChI=1S/C24H27Cl2N5O6/c1-2-37-22(35)9-20(13-3-15(25)7-16(26)4-13)31-21(34)12-27-23(36)14-5-17(8-18(32)6-14)30-24-28-10-19(33)11-29-24/h3-8,19-20,32-33H,2,9-12H2,1H3,(H,27,36)(H,31,34)(H2,28,29,30)/t20-/m0/s1. The first-order valence-corrected chi connectivity index (χ1v) is 12.1. The van der Waals surface area contributed by atoms with Crippen LogP contribution in [-0.4, -0.2) is 66.3 Å². The number of nitrogens with one attached hydrogen (secondary N) is 4. The fourth-order valence-corrected chi connectivity index (χ4v) is 4.03. The number of carbonyl (C=O) groups is 3. The number of aliphatic hydroxyl groups is 1. The van der Waals surface area contributed by atoms with Gasteiger partial charge in [-0.2, -0.15) is 0 Å². The maximum atomic E-state index is 12.7. The van der Waals surface area contributed by atoms with Gasteiger partial charge in [0.1, 0.15) is 5.75 Å². The summed E-state index contributed by atoms with van der Waals surface area (Å²) in [4.78, 5) is 41.5. The number of aromatic hydroxyl groups is 1. The molecule has 3 rings (SSSR count). The highest BCUT2D eigenvalue weighted by atomic mass is 35.5. The van der Waals surface area contributed by atoms with Gasteiger partial charge in [-0.15, -0.1) is 0 Å². The average Bonchev–Trinajstić information content (AvgIpc) is 2.83. The number of hydrogen-bond acceptors (Lipinski definition) is 9. The Morgan fingerprint density at radius 1 is 1.16 bits per heavy atom. The largest absolute Gasteiger partial charge is 0.508 e. The summed E-state index contributed by atoms with van der Waals surface area (Å²) in [7, 11) is 0. The van der Waals surface area contributed by atoms with E-state index in [4.69, 9.17) is 27.9 Å². The zero-order valence-electron chi connectivity index (χ0n) is 19.9. The van der Waals surface area contributed by atoms with E-state index in [1.165, 1.54) is 24.3 Å². The fourth-order valence-electron chi connectivity index (χ4n) is 3.49. The second kappa shape index (κ2) is 13.1. The molecule has 6 N–H and O–H groups in total. The monoisotopic (exact) mass is 551 g/mol. The van der Waals surface area contributed by atoms with Crippen LogP contribution in [0.2, 0.25) is 10.0 Å². The Kier molecular flexibility index (Phi) is 9.95. The lowest BCUT2D eigenvalue weighted by Gasteiger charge is -2.20. The first kappa shape index (κ1) is 28.0. The predicted octanol–water partition coefficient (Wildman–Crippen LogP) is 1.97. The lowest BCUT2D eigenvalue weighted by atomic mass is 10.0. The second-order valence-corrected chi connectivity index (χ2v) is 9.01. The molecule has 2 amide bonds. The van der Waals surface area contributed by atoms with Crippen LogP contribution in [0, 0.1) is 0 Å². The number of phenols is 1. The van der Waals surface area contributed by atoms with Gasteiger partial charge in [0.15, 0.2) is 5.96 Å². The van der Waals surface area contributed by atoms with Crippen LogP contribution in [0.1, 0.15) is 35.3 Å². The summed E-state index contributed by atoms with van der Waals surface area (Å²) in [6.07, 6.45) is -0.754. The summed E-state index contributed by atoms with van der Waals surface area (Å²) in [6, 6.07) is 7.99. The molecule has 0 spiro atoms. The SMILES string of the molecule is CCOC(=O)C[C@H](NC(=O)CNC(=O)c1cc(O)cc(NC2=NCC(O)CN2)c1)c1cc(Cl)cc(Cl)c1. The Morgan fingerprint density at radius 2 is 1.89 bits per heavy atom. The molecule has 198 valence electrons. The zero-order chi connectivity index (χ0) is 26.9. The summed E-state index contributed by atoms with van der Waals surface area (Å²) >= 11 is 12.1. The van der Waals surface area contributed by atoms with Gasteiger partial charge in [-0.25, -0.2) is 0 Å². The number of aliphatic hydroxyl groups excluding tert-OH is 1. The van der Waals surface area contributed by atoms with Crippen molar-refractivity contribution in [2.45, 2.75) is 25.5 Å². The molecule has 0 radical (unpaired) electrons. The minimum atomic E-state index is -0.793. The number of rotatable bonds is 9. The number of amides is 2. The molecule has 0 saturated heterocycles. The molecule has 1 heterocycles. The highest BCUT2D eigenvalue weighted by Crippen LogP contribution is 2.26. The van der Waals surface area contributed by atoms with Crippen molar-refractivity contribution in [2.24, 2.45) is 4.99 Å². The lowest BCUT2D eigenvalue weighted by molar-refractivity contribution is -0.143. The van der Waals surface area contributed by atoms with E-state index in [9.17, 15) is 24.6 Å². The third-order valence-electron chi connectivity index (χ3n) is 5.12. The second-order valence-electron chi connectivity index (χ2n) is 8.13. The quantitative estimate of drug-likeness (QED) is 0.258. The van der Waals surface area contributed by atoms with Crippen LogP contribution < -0.4 is 21.3 Å². The molecular formula is C24H27Cl2N5O6. The molecular weight excluding hydrogens is 525 g/mol. The van der Waals surface area contributed by atoms with Crippen molar-refractivity contribution in [3.8, 4) is 5.75 Å². The van der Waals surface area contributed by atoms with Crippen LogP contribution in [0.4, 0.5) is 5.69 Å². The Balaban J connectivity index is 1.64. The lowest BCUT2D eigenvalue weighted by Crippen LogP contribution is -2.42. The van der Waals surface area contributed by atoms with Crippen molar-refractivity contribution in [3.05, 3.63) is 57.6 Å². The number of aliphatic imine (C=N–C) groups is 1. The number of guanidine groups is 1. The summed E-state index contributed by atoms with van der Waals surface area (Å²) in [5, 5.41) is 31.2. The minimum absolute atomic E-state index is 0.0939. The Hall–Kier alpha value is -3.54. The highest BCUT2D eigenvalue weighted by molar-refractivity contribution is 6.34. The van der Waals surface area contributed by atoms with Crippen molar-refractivity contribution in [2.75, 3.05) is 31.6 Å². The summed E-state index contributed by atoms with van der Waals surface area (Å²) in [5.74, 6) is -1.51. The molecule has 37 heavy (non-hydrogen) atoms. The molecule has 2 aromatic rings. The van der Waals surface area contributed by atoms with Gasteiger partial charge >= 0.3 is 5.97 Å². The van der Waals surface area contributed by atoms with Crippen molar-refractivity contribution in [1.29, 1.82) is 0 Å². The smallest absolute Gasteiger partial charge is 0.308 e. The van der Waals surface area contributed by atoms with Crippen LogP contribution in [-0.2, 0) is 14.3 Å². The van der Waals surface area contributed by atoms with Crippen LogP contribution in [0.3, 0.4) is 0 Å². The molecule has 2 aromatic carbocycles. The number of anilines is 1. The Bertz CT molecular complexity index is 1170. The van der Waals surface area contributed by atoms with Gasteiger partial charge in [-0.05, 0) is 42.8 Å². The number of hydrogen-bond donors (Lipinski definition) is 6. The Labute approximate surface area is 223 Å². The molecule has 1 unspecified atom stereocenters. The first-order chi connectivity index (χ1) is 17.6. The summed E-state index contributed by atoms with van der Waals surface area (Å²) < 4.78 is 4.99. The van der Waals surface area contributed by atoms with E-state index in [-0.39, 0.29) is 30.9 Å². The van der Waals surface area contributed by atoms with Gasteiger partial charge in [-0.3, -0.25) is 19.4 Å². The predicted molar refractivity (Wildman–Crippen MR) is 139 cm³/mol. The van der Waals surface area contributed by atoms with E-state index < -0.39 is 36.5 Å². The number of esters is 1. The summed E-state index contributed by atoms with van der Waals surface area (Å²) in [6.45, 7) is 1.97. The molecule has 13 heteroatoms. The molecule has 11 nitrogen and oxygen atoms in total. The zero-order valence-corrected chi connectivity index (χ0v) is 21.4. The van der Waals surface area contributed by atoms with Gasteiger partial charge in [-0.1, -0.05) is 23.2 Å². The van der Waals surface area contributed by atoms with Crippen molar-refractivity contribution < 1.29 is 29.3 Å². The fraction of sp³-hybridized carbons (Fsp3) is 0.333. The van der Waals surface area contributed by atoms with Crippen molar-refractivity contribution in [1.82, 2.24) is 16.0 Å². The normalized spacial score (nSPS) is 15.6. The van der Waals surface area contributed by atoms with Gasteiger partial charge in [0.2, 0.25) is 5.91 Å². The topological polar surface area (TPSA) is 161 Å². The third-order valence-corrected chi connectivity index (χ3v) is 5.55. The molecule has 0 saturated carbocycles. The number of ether oxygens (including phenoxy) is 1. The van der Waals surface area contributed by atoms with Crippen LogP contribution >= 0.6 is 23.2 Å². The van der Waals surface area contributed by atoms with E-state index in [1.807, 2.05) is 0 Å². The molecule has 0 aliphatic carbocycles. The Morgan fingerprint density at radius 3 is 2.54 bits per heavy atom. The third kappa shape index (κ3) is 8.81. The molecule has 1 aliphatic heterocycles. The number of carbonyl (C=O) groups excluding carboxylic acids is 3. The van der Waals surface area contributed by atoms with E-state index >= 15 is 0 Å². The summed E-state index contributed by atoms with van der Waals surface area (Å²) in [5.41, 5.74) is 0.974. The van der Waals surface area contributed by atoms with Crippen LogP contribution in [0.15, 0.2) is 41.4 Å². The number of halogens is 2. The van der Waals surface area contributed by atoms with Crippen molar-refractivity contribution in [3.63, 3.8) is 0 Å². The van der Waals surface area contributed by atoms with Crippen LogP contribution in [0.5, 0.6) is 5.75 Å². The maximum absolute atomic E-state index is 12.7. The van der Waals surface area contributed by atoms with Gasteiger partial charge in [0.05, 0.1) is 38.3 Å². The number of phenolic OH excluding ortho intramolecular Hbond substituents is 1. The van der Waals surface area contributed by atoms with Gasteiger partial charge < -0.3 is 36.2 Å². The first-order valence-electron chi connectivity index (χ1n) is 11.4.